The molecule has 5 heteroatoms. The number of ether oxygens (including phenoxy) is 1. The van der Waals surface area contributed by atoms with Gasteiger partial charge in [0.1, 0.15) is 6.54 Å². The Hall–Kier alpha value is -2.17. The van der Waals surface area contributed by atoms with Gasteiger partial charge in [-0.05, 0) is 19.4 Å². The van der Waals surface area contributed by atoms with Crippen LogP contribution in [-0.4, -0.2) is 30.8 Å². The van der Waals surface area contributed by atoms with Crippen molar-refractivity contribution in [2.24, 2.45) is 0 Å². The molecule has 1 aromatic carbocycles. The summed E-state index contributed by atoms with van der Waals surface area (Å²) >= 11 is 0. The molecule has 0 saturated heterocycles. The van der Waals surface area contributed by atoms with Gasteiger partial charge in [-0.2, -0.15) is 0 Å². The summed E-state index contributed by atoms with van der Waals surface area (Å²) in [7, 11) is 0. The standard InChI is InChI=1S/C13H15NO4/c1-3-18-11(15)8-14-13(17)12(16)10-7-5-4-6-9(10)2/h4-7H,3,8H2,1-2H3,(H,14,17). The van der Waals surface area contributed by atoms with Crippen LogP contribution in [0.25, 0.3) is 0 Å². The molecule has 0 aliphatic carbocycles. The number of amides is 1. The Kier molecular flexibility index (Phi) is 5.05. The second kappa shape index (κ2) is 6.54. The molecule has 0 bridgehead atoms. The van der Waals surface area contributed by atoms with Crippen LogP contribution >= 0.6 is 0 Å². The fourth-order valence-electron chi connectivity index (χ4n) is 1.39. The Morgan fingerprint density at radius 3 is 2.50 bits per heavy atom. The van der Waals surface area contributed by atoms with Crippen molar-refractivity contribution in [3.05, 3.63) is 35.4 Å². The monoisotopic (exact) mass is 249 g/mol. The van der Waals surface area contributed by atoms with E-state index in [9.17, 15) is 14.4 Å². The van der Waals surface area contributed by atoms with Gasteiger partial charge in [-0.1, -0.05) is 24.3 Å². The van der Waals surface area contributed by atoms with Crippen LogP contribution in [0.1, 0.15) is 22.8 Å². The highest BCUT2D eigenvalue weighted by molar-refractivity contribution is 6.43. The number of hydrogen-bond donors (Lipinski definition) is 1. The van der Waals surface area contributed by atoms with E-state index >= 15 is 0 Å². The number of aryl methyl sites for hydroxylation is 1. The van der Waals surface area contributed by atoms with E-state index in [2.05, 4.69) is 10.1 Å². The average molecular weight is 249 g/mol. The summed E-state index contributed by atoms with van der Waals surface area (Å²) in [6.45, 7) is 3.34. The van der Waals surface area contributed by atoms with Crippen LogP contribution in [0.3, 0.4) is 0 Å². The number of benzene rings is 1. The lowest BCUT2D eigenvalue weighted by Gasteiger charge is -2.05. The molecule has 0 aliphatic heterocycles. The highest BCUT2D eigenvalue weighted by Crippen LogP contribution is 2.07. The normalized spacial score (nSPS) is 9.67. The highest BCUT2D eigenvalue weighted by Gasteiger charge is 2.18. The van der Waals surface area contributed by atoms with E-state index in [4.69, 9.17) is 0 Å². The number of carbonyl (C=O) groups excluding carboxylic acids is 3. The Morgan fingerprint density at radius 2 is 1.89 bits per heavy atom. The highest BCUT2D eigenvalue weighted by atomic mass is 16.5. The van der Waals surface area contributed by atoms with Crippen molar-refractivity contribution in [3.8, 4) is 0 Å². The quantitative estimate of drug-likeness (QED) is 0.477. The number of nitrogens with one attached hydrogen (secondary N) is 1. The van der Waals surface area contributed by atoms with Gasteiger partial charge in [-0.25, -0.2) is 0 Å². The summed E-state index contributed by atoms with van der Waals surface area (Å²) in [6.07, 6.45) is 0. The lowest BCUT2D eigenvalue weighted by Crippen LogP contribution is -2.36. The SMILES string of the molecule is CCOC(=O)CNC(=O)C(=O)c1ccccc1C. The number of carbonyl (C=O) groups is 3. The molecule has 5 nitrogen and oxygen atoms in total. The van der Waals surface area contributed by atoms with Crippen LogP contribution in [0.4, 0.5) is 0 Å². The molecule has 1 rings (SSSR count). The molecule has 18 heavy (non-hydrogen) atoms. The van der Waals surface area contributed by atoms with Gasteiger partial charge in [-0.15, -0.1) is 0 Å². The molecule has 1 amide bonds. The van der Waals surface area contributed by atoms with Crippen molar-refractivity contribution >= 4 is 17.7 Å². The molecule has 0 radical (unpaired) electrons. The third kappa shape index (κ3) is 3.69. The lowest BCUT2D eigenvalue weighted by atomic mass is 10.0. The minimum atomic E-state index is -0.808. The average Bonchev–Trinajstić information content (AvgIpc) is 2.36. The summed E-state index contributed by atoms with van der Waals surface area (Å²) in [5.41, 5.74) is 1.05. The summed E-state index contributed by atoms with van der Waals surface area (Å²) in [4.78, 5) is 34.3. The van der Waals surface area contributed by atoms with Gasteiger partial charge in [0.15, 0.2) is 0 Å². The molecule has 0 atom stereocenters. The number of esters is 1. The zero-order valence-corrected chi connectivity index (χ0v) is 10.4. The largest absolute Gasteiger partial charge is 0.465 e. The number of hydrogen-bond acceptors (Lipinski definition) is 4. The molecule has 0 aliphatic rings. The summed E-state index contributed by atoms with van der Waals surface area (Å²) in [5, 5.41) is 2.23. The van der Waals surface area contributed by atoms with Gasteiger partial charge < -0.3 is 10.1 Å². The predicted octanol–water partition coefficient (Wildman–Crippen LogP) is 0.857. The van der Waals surface area contributed by atoms with E-state index in [0.717, 1.165) is 0 Å². The molecule has 1 N–H and O–H groups in total. The Balaban J connectivity index is 2.60. The van der Waals surface area contributed by atoms with E-state index in [-0.39, 0.29) is 13.2 Å². The second-order valence-electron chi connectivity index (χ2n) is 3.63. The molecule has 0 unspecified atom stereocenters. The Labute approximate surface area is 105 Å². The van der Waals surface area contributed by atoms with Crippen molar-refractivity contribution in [1.29, 1.82) is 0 Å². The molecular formula is C13H15NO4. The van der Waals surface area contributed by atoms with Crippen LogP contribution in [0.15, 0.2) is 24.3 Å². The van der Waals surface area contributed by atoms with Crippen LogP contribution in [-0.2, 0) is 14.3 Å². The molecule has 0 aromatic heterocycles. The summed E-state index contributed by atoms with van der Waals surface area (Å²) in [5.74, 6) is -2.03. The minimum Gasteiger partial charge on any atom is -0.465 e. The van der Waals surface area contributed by atoms with Gasteiger partial charge in [0.05, 0.1) is 6.61 Å². The fraction of sp³-hybridized carbons (Fsp3) is 0.308. The number of rotatable bonds is 5. The van der Waals surface area contributed by atoms with E-state index < -0.39 is 17.7 Å². The summed E-state index contributed by atoms with van der Waals surface area (Å²) in [6, 6.07) is 6.77. The molecule has 96 valence electrons. The molecule has 0 saturated carbocycles. The van der Waals surface area contributed by atoms with E-state index in [0.29, 0.717) is 11.1 Å². The van der Waals surface area contributed by atoms with Crippen molar-refractivity contribution in [2.75, 3.05) is 13.2 Å². The van der Waals surface area contributed by atoms with Gasteiger partial charge in [0.25, 0.3) is 5.91 Å². The van der Waals surface area contributed by atoms with Crippen molar-refractivity contribution in [3.63, 3.8) is 0 Å². The molecule has 0 fully saturated rings. The van der Waals surface area contributed by atoms with Crippen LogP contribution in [0.2, 0.25) is 0 Å². The van der Waals surface area contributed by atoms with Crippen molar-refractivity contribution < 1.29 is 19.1 Å². The first-order chi connectivity index (χ1) is 8.56. The number of Topliss-reactive ketones (excluding diaryl/α,β-unsaturated/α-hetero) is 1. The Bertz CT molecular complexity index is 468. The smallest absolute Gasteiger partial charge is 0.325 e. The second-order valence-corrected chi connectivity index (χ2v) is 3.63. The lowest BCUT2D eigenvalue weighted by molar-refractivity contribution is -0.143. The maximum Gasteiger partial charge on any atom is 0.325 e. The van der Waals surface area contributed by atoms with E-state index in [1.54, 1.807) is 38.1 Å². The summed E-state index contributed by atoms with van der Waals surface area (Å²) < 4.78 is 4.64. The maximum absolute atomic E-state index is 11.8. The Morgan fingerprint density at radius 1 is 1.22 bits per heavy atom. The first kappa shape index (κ1) is 13.9. The fourth-order valence-corrected chi connectivity index (χ4v) is 1.39. The van der Waals surface area contributed by atoms with Crippen molar-refractivity contribution in [1.82, 2.24) is 5.32 Å². The van der Waals surface area contributed by atoms with E-state index in [1.165, 1.54) is 0 Å². The molecule has 0 spiro atoms. The first-order valence-corrected chi connectivity index (χ1v) is 5.60. The van der Waals surface area contributed by atoms with Gasteiger partial charge in [0, 0.05) is 5.56 Å². The van der Waals surface area contributed by atoms with Crippen molar-refractivity contribution in [2.45, 2.75) is 13.8 Å². The van der Waals surface area contributed by atoms with Crippen LogP contribution in [0.5, 0.6) is 0 Å². The van der Waals surface area contributed by atoms with Gasteiger partial charge >= 0.3 is 5.97 Å². The third-order valence-electron chi connectivity index (χ3n) is 2.29. The molecular weight excluding hydrogens is 234 g/mol. The number of ketones is 1. The zero-order chi connectivity index (χ0) is 13.5. The predicted molar refractivity (Wildman–Crippen MR) is 65.2 cm³/mol. The van der Waals surface area contributed by atoms with Crippen LogP contribution < -0.4 is 5.32 Å². The third-order valence-corrected chi connectivity index (χ3v) is 2.29. The van der Waals surface area contributed by atoms with Crippen LogP contribution in [0, 0.1) is 6.92 Å². The first-order valence-electron chi connectivity index (χ1n) is 5.60. The van der Waals surface area contributed by atoms with Gasteiger partial charge in [0.2, 0.25) is 5.78 Å². The molecule has 0 heterocycles. The maximum atomic E-state index is 11.8. The van der Waals surface area contributed by atoms with E-state index in [1.807, 2.05) is 0 Å². The minimum absolute atomic E-state index is 0.237. The zero-order valence-electron chi connectivity index (χ0n) is 10.4. The topological polar surface area (TPSA) is 72.5 Å². The van der Waals surface area contributed by atoms with Gasteiger partial charge in [-0.3, -0.25) is 14.4 Å². The molecule has 1 aromatic rings.